The van der Waals surface area contributed by atoms with Crippen molar-refractivity contribution in [3.8, 4) is 11.5 Å². The second kappa shape index (κ2) is 15.7. The van der Waals surface area contributed by atoms with Crippen molar-refractivity contribution in [1.29, 1.82) is 0 Å². The molecular weight excluding hydrogens is 770 g/mol. The van der Waals surface area contributed by atoms with E-state index in [9.17, 15) is 19.7 Å². The van der Waals surface area contributed by atoms with Crippen LogP contribution in [0.25, 0.3) is 11.6 Å². The molecule has 0 spiro atoms. The molecule has 2 heterocycles. The van der Waals surface area contributed by atoms with Crippen molar-refractivity contribution < 1.29 is 33.8 Å². The van der Waals surface area contributed by atoms with Gasteiger partial charge in [-0.1, -0.05) is 54.6 Å². The number of methoxy groups -OCH3 is 2. The molecule has 3 aliphatic rings. The fourth-order valence-electron chi connectivity index (χ4n) is 7.98. The predicted molar refractivity (Wildman–Crippen MR) is 211 cm³/mol. The summed E-state index contributed by atoms with van der Waals surface area (Å²) in [4.78, 5) is 29.7. The molecule has 0 saturated carbocycles. The second-order valence-corrected chi connectivity index (χ2v) is 14.6. The molecule has 1 aliphatic carbocycles. The van der Waals surface area contributed by atoms with Crippen molar-refractivity contribution in [3.05, 3.63) is 123 Å². The Hall–Kier alpha value is -4.43. The number of imide groups is 1. The Kier molecular flexibility index (Phi) is 10.8. The molecule has 0 aromatic heterocycles. The summed E-state index contributed by atoms with van der Waals surface area (Å²) in [5.74, 6) is -1.51. The van der Waals surface area contributed by atoms with E-state index < -0.39 is 25.1 Å². The summed E-state index contributed by atoms with van der Waals surface area (Å²) in [5, 5.41) is 24.9. The van der Waals surface area contributed by atoms with Crippen molar-refractivity contribution >= 4 is 70.2 Å². The molecule has 2 aliphatic heterocycles. The van der Waals surface area contributed by atoms with Crippen LogP contribution in [-0.2, 0) is 19.0 Å². The minimum Gasteiger partial charge on any atom is -0.504 e. The summed E-state index contributed by atoms with van der Waals surface area (Å²) in [5.41, 5.74) is 7.18. The molecule has 11 heteroatoms. The summed E-state index contributed by atoms with van der Waals surface area (Å²) in [6, 6.07) is 30.9. The largest absolute Gasteiger partial charge is 0.504 e. The van der Waals surface area contributed by atoms with Gasteiger partial charge >= 0.3 is 7.12 Å². The van der Waals surface area contributed by atoms with E-state index in [-0.39, 0.29) is 29.8 Å². The molecule has 2 amide bonds. The topological polar surface area (TPSA) is 118 Å². The minimum absolute atomic E-state index is 0.0981. The van der Waals surface area contributed by atoms with Crippen molar-refractivity contribution in [1.82, 2.24) is 0 Å². The fraction of sp³-hybridized carbons (Fsp3) is 0.268. The van der Waals surface area contributed by atoms with Gasteiger partial charge in [0.05, 0.1) is 40.9 Å². The Morgan fingerprint density at radius 2 is 1.65 bits per heavy atom. The van der Waals surface area contributed by atoms with Gasteiger partial charge in [-0.15, -0.1) is 0 Å². The molecule has 3 N–H and O–H groups in total. The number of hydrogen-bond donors (Lipinski definition) is 3. The lowest BCUT2D eigenvalue weighted by Gasteiger charge is -2.43. The molecule has 0 bridgehead atoms. The minimum atomic E-state index is -1.09. The van der Waals surface area contributed by atoms with Crippen molar-refractivity contribution in [2.75, 3.05) is 31.0 Å². The van der Waals surface area contributed by atoms with Crippen LogP contribution in [0.2, 0.25) is 6.32 Å². The Morgan fingerprint density at radius 3 is 2.35 bits per heavy atom. The van der Waals surface area contributed by atoms with Crippen LogP contribution >= 0.6 is 22.6 Å². The number of nitrogens with one attached hydrogen (secondary N) is 1. The van der Waals surface area contributed by atoms with Crippen molar-refractivity contribution in [2.45, 2.75) is 31.7 Å². The monoisotopic (exact) mass is 810 g/mol. The zero-order valence-corrected chi connectivity index (χ0v) is 31.2. The smallest absolute Gasteiger partial charge is 0.455 e. The van der Waals surface area contributed by atoms with Gasteiger partial charge in [0.1, 0.15) is 0 Å². The number of amides is 2. The number of hydrogen-bond acceptors (Lipinski definition) is 8. The van der Waals surface area contributed by atoms with Crippen LogP contribution in [-0.4, -0.2) is 56.0 Å². The zero-order valence-electron chi connectivity index (χ0n) is 29.0. The lowest BCUT2D eigenvalue weighted by atomic mass is 9.58. The van der Waals surface area contributed by atoms with Gasteiger partial charge in [0.25, 0.3) is 0 Å². The number of fused-ring (bicyclic) bond motifs is 3. The van der Waals surface area contributed by atoms with E-state index in [0.29, 0.717) is 40.9 Å². The van der Waals surface area contributed by atoms with E-state index in [1.165, 1.54) is 12.0 Å². The lowest BCUT2D eigenvalue weighted by Crippen LogP contribution is -2.46. The first-order chi connectivity index (χ1) is 25.2. The van der Waals surface area contributed by atoms with Gasteiger partial charge in [-0.05, 0) is 130 Å². The molecule has 7 rings (SSSR count). The van der Waals surface area contributed by atoms with Gasteiger partial charge in [0.2, 0.25) is 11.8 Å². The number of rotatable bonds is 11. The molecule has 4 atom stereocenters. The van der Waals surface area contributed by atoms with E-state index in [4.69, 9.17) is 14.1 Å². The van der Waals surface area contributed by atoms with E-state index in [1.54, 1.807) is 25.3 Å². The highest BCUT2D eigenvalue weighted by Gasteiger charge is 2.57. The third-order valence-electron chi connectivity index (χ3n) is 10.2. The predicted octanol–water partition coefficient (Wildman–Crippen LogP) is 7.72. The first-order valence-corrected chi connectivity index (χ1v) is 18.5. The summed E-state index contributed by atoms with van der Waals surface area (Å²) in [7, 11) is 2.07. The molecule has 0 unspecified atom stereocenters. The number of nitrogens with zero attached hydrogens (tertiary/aromatic N) is 1. The number of halogens is 1. The molecule has 4 aromatic rings. The quantitative estimate of drug-likeness (QED) is 0.0464. The first kappa shape index (κ1) is 36.0. The molecule has 2 fully saturated rings. The van der Waals surface area contributed by atoms with E-state index in [2.05, 4.69) is 46.1 Å². The number of ether oxygens (including phenoxy) is 2. The molecule has 2 saturated heterocycles. The van der Waals surface area contributed by atoms with Crippen LogP contribution in [0.5, 0.6) is 11.5 Å². The van der Waals surface area contributed by atoms with Crippen LogP contribution < -0.4 is 15.0 Å². The normalized spacial score (nSPS) is 21.7. The Labute approximate surface area is 317 Å². The third kappa shape index (κ3) is 7.27. The number of para-hydroxylation sites is 1. The molecule has 4 aromatic carbocycles. The molecule has 0 radical (unpaired) electrons. The number of allylic oxidation sites excluding steroid dienone is 1. The van der Waals surface area contributed by atoms with Gasteiger partial charge in [-0.25, -0.2) is 0 Å². The van der Waals surface area contributed by atoms with Gasteiger partial charge in [-0.2, -0.15) is 0 Å². The van der Waals surface area contributed by atoms with Gasteiger partial charge in [-0.3, -0.25) is 14.5 Å². The Morgan fingerprint density at radius 1 is 0.962 bits per heavy atom. The van der Waals surface area contributed by atoms with Crippen LogP contribution in [0.1, 0.15) is 30.4 Å². The molecule has 52 heavy (non-hydrogen) atoms. The number of carbonyl (C=O) groups excluding carboxylic acids is 2. The highest BCUT2D eigenvalue weighted by molar-refractivity contribution is 14.1. The standard InChI is InChI=1S/C41H40BIN2O7/c1-50-24-28-22-32-38(41(48)45(40(32)47)31-16-14-30(15-17-31)44-29-11-7-4-8-12-29)33-23-42(49)52-35(37(28)33)18-13-27(26-9-5-3-6-10-26)19-25-20-34(43)39(46)36(21-25)51-2/h3-12,14-17,19-21,32-33,35,38,44,46,49H,13,18,22-24H2,1-2H3/b27-19-/t32-,33+,35-,38-/m1/s1. The SMILES string of the molecule is COCC1=C2[C@@H](CC/C(=C/c3cc(I)c(O)c(OC)c3)c3ccccc3)OB(O)C[C@@H]2[C@@H]2C(=O)N(c3ccc(Nc4ccccc4)cc3)C(=O)[C@@H]2C1. The van der Waals surface area contributed by atoms with Crippen LogP contribution in [0.4, 0.5) is 17.1 Å². The maximum absolute atomic E-state index is 14.3. The fourth-order valence-corrected chi connectivity index (χ4v) is 8.61. The lowest BCUT2D eigenvalue weighted by molar-refractivity contribution is -0.122. The third-order valence-corrected chi connectivity index (χ3v) is 11.1. The first-order valence-electron chi connectivity index (χ1n) is 17.4. The summed E-state index contributed by atoms with van der Waals surface area (Å²) in [6.07, 6.45) is 3.33. The zero-order chi connectivity index (χ0) is 36.4. The van der Waals surface area contributed by atoms with Crippen LogP contribution in [0.3, 0.4) is 0 Å². The number of benzene rings is 4. The molecule has 9 nitrogen and oxygen atoms in total. The van der Waals surface area contributed by atoms with Crippen molar-refractivity contribution in [3.63, 3.8) is 0 Å². The summed E-state index contributed by atoms with van der Waals surface area (Å²) in [6.45, 7) is 0.305. The maximum atomic E-state index is 14.3. The molecule has 266 valence electrons. The van der Waals surface area contributed by atoms with Gasteiger partial charge < -0.3 is 29.6 Å². The van der Waals surface area contributed by atoms with Gasteiger partial charge in [0, 0.05) is 18.5 Å². The Bertz CT molecular complexity index is 2010. The number of anilines is 3. The maximum Gasteiger partial charge on any atom is 0.455 e. The highest BCUT2D eigenvalue weighted by atomic mass is 127. The number of carbonyl (C=O) groups is 2. The number of phenolic OH excluding ortho intramolecular Hbond substituents is 1. The van der Waals surface area contributed by atoms with Gasteiger partial charge in [0.15, 0.2) is 11.5 Å². The average molecular weight is 810 g/mol. The summed E-state index contributed by atoms with van der Waals surface area (Å²) >= 11 is 2.09. The summed E-state index contributed by atoms with van der Waals surface area (Å²) < 4.78 is 18.0. The average Bonchev–Trinajstić information content (AvgIpc) is 3.40. The van der Waals surface area contributed by atoms with E-state index >= 15 is 0 Å². The number of aromatic hydroxyl groups is 1. The van der Waals surface area contributed by atoms with Crippen LogP contribution in [0, 0.1) is 21.3 Å². The van der Waals surface area contributed by atoms with Crippen LogP contribution in [0.15, 0.2) is 108 Å². The van der Waals surface area contributed by atoms with E-state index in [1.807, 2.05) is 66.7 Å². The second-order valence-electron chi connectivity index (χ2n) is 13.4. The number of phenols is 1. The Balaban J connectivity index is 1.17. The van der Waals surface area contributed by atoms with E-state index in [0.717, 1.165) is 39.2 Å². The van der Waals surface area contributed by atoms with Crippen molar-refractivity contribution in [2.24, 2.45) is 17.8 Å². The highest BCUT2D eigenvalue weighted by Crippen LogP contribution is 2.51. The molecular formula is C41H40BIN2O7.